The van der Waals surface area contributed by atoms with Crippen LogP contribution < -0.4 is 0 Å². The van der Waals surface area contributed by atoms with Gasteiger partial charge >= 0.3 is 0 Å². The standard InChI is InChI=1S/CH3BrO5S2/c2-8(3,4)1-9(5,6)7/h1H2,(H,5,6,7). The summed E-state index contributed by atoms with van der Waals surface area (Å²) in [5.74, 6) is 0. The minimum Gasteiger partial charge on any atom is -0.285 e. The fraction of sp³-hybridized carbons (Fsp3) is 1.00. The SMILES string of the molecule is O=S(=O)(O)CS(=O)(=O)Br. The largest absolute Gasteiger partial charge is 0.285 e. The summed E-state index contributed by atoms with van der Waals surface area (Å²) >= 11 is 2.05. The van der Waals surface area contributed by atoms with Gasteiger partial charge in [-0.25, -0.2) is 8.42 Å². The van der Waals surface area contributed by atoms with Gasteiger partial charge in [0.15, 0.2) is 5.08 Å². The first-order valence-corrected chi connectivity index (χ1v) is 6.69. The van der Waals surface area contributed by atoms with Gasteiger partial charge < -0.3 is 0 Å². The summed E-state index contributed by atoms with van der Waals surface area (Å²) in [6, 6.07) is 0. The average molecular weight is 239 g/mol. The fourth-order valence-corrected chi connectivity index (χ4v) is 3.73. The molecule has 0 aromatic rings. The second kappa shape index (κ2) is 2.52. The molecule has 0 aliphatic rings. The van der Waals surface area contributed by atoms with Crippen LogP contribution >= 0.6 is 14.8 Å². The molecule has 0 spiro atoms. The Kier molecular flexibility index (Phi) is 2.62. The zero-order chi connectivity index (χ0) is 7.71. The maximum atomic E-state index is 10.0. The maximum Gasteiger partial charge on any atom is 0.280 e. The Morgan fingerprint density at radius 2 is 1.56 bits per heavy atom. The summed E-state index contributed by atoms with van der Waals surface area (Å²) in [6.45, 7) is 0. The van der Waals surface area contributed by atoms with Crippen LogP contribution in [0.25, 0.3) is 0 Å². The lowest BCUT2D eigenvalue weighted by molar-refractivity contribution is 0.488. The lowest BCUT2D eigenvalue weighted by Crippen LogP contribution is -2.09. The van der Waals surface area contributed by atoms with E-state index in [4.69, 9.17) is 4.55 Å². The van der Waals surface area contributed by atoms with E-state index < -0.39 is 23.5 Å². The van der Waals surface area contributed by atoms with E-state index in [0.717, 1.165) is 0 Å². The summed E-state index contributed by atoms with van der Waals surface area (Å²) in [7, 11) is -8.22. The van der Waals surface area contributed by atoms with Crippen LogP contribution in [0, 0.1) is 0 Å². The third-order valence-electron chi connectivity index (χ3n) is 0.290. The quantitative estimate of drug-likeness (QED) is 0.521. The van der Waals surface area contributed by atoms with Gasteiger partial charge in [-0.15, -0.1) is 0 Å². The van der Waals surface area contributed by atoms with Gasteiger partial charge in [0.05, 0.1) is 14.8 Å². The molecule has 0 saturated carbocycles. The Morgan fingerprint density at radius 1 is 1.22 bits per heavy atom. The van der Waals surface area contributed by atoms with E-state index in [2.05, 4.69) is 0 Å². The van der Waals surface area contributed by atoms with E-state index in [0.29, 0.717) is 0 Å². The van der Waals surface area contributed by atoms with E-state index in [-0.39, 0.29) is 0 Å². The molecule has 0 saturated heterocycles. The number of rotatable bonds is 2. The van der Waals surface area contributed by atoms with E-state index in [1.165, 1.54) is 0 Å². The number of hydrogen-bond donors (Lipinski definition) is 1. The van der Waals surface area contributed by atoms with Crippen molar-refractivity contribution in [3.05, 3.63) is 0 Å². The monoisotopic (exact) mass is 238 g/mol. The first-order valence-electron chi connectivity index (χ1n) is 1.58. The third kappa shape index (κ3) is 8.34. The first kappa shape index (κ1) is 9.34. The van der Waals surface area contributed by atoms with Crippen molar-refractivity contribution in [1.82, 2.24) is 0 Å². The van der Waals surface area contributed by atoms with Crippen molar-refractivity contribution < 1.29 is 21.4 Å². The van der Waals surface area contributed by atoms with Gasteiger partial charge in [0, 0.05) is 0 Å². The van der Waals surface area contributed by atoms with Crippen LogP contribution in [0.15, 0.2) is 0 Å². The molecule has 56 valence electrons. The van der Waals surface area contributed by atoms with Gasteiger partial charge in [0.1, 0.15) is 0 Å². The first-order chi connectivity index (χ1) is 3.71. The van der Waals surface area contributed by atoms with Gasteiger partial charge in [0.25, 0.3) is 10.1 Å². The highest BCUT2D eigenvalue weighted by Crippen LogP contribution is 2.02. The van der Waals surface area contributed by atoms with Gasteiger partial charge in [-0.2, -0.15) is 8.42 Å². The predicted octanol–water partition coefficient (Wildman–Crippen LogP) is -0.444. The van der Waals surface area contributed by atoms with Crippen LogP contribution in [-0.4, -0.2) is 26.5 Å². The predicted molar refractivity (Wildman–Crippen MR) is 34.3 cm³/mol. The van der Waals surface area contributed by atoms with Crippen molar-refractivity contribution in [2.75, 3.05) is 5.08 Å². The Labute approximate surface area is 59.9 Å². The van der Waals surface area contributed by atoms with E-state index in [1.54, 1.807) is 0 Å². The lowest BCUT2D eigenvalue weighted by atomic mass is 11.9. The molecule has 0 aromatic heterocycles. The molecular formula is CH3BrO5S2. The second-order valence-electron chi connectivity index (χ2n) is 1.24. The van der Waals surface area contributed by atoms with Gasteiger partial charge in [-0.3, -0.25) is 4.55 Å². The van der Waals surface area contributed by atoms with Crippen LogP contribution in [-0.2, 0) is 18.4 Å². The Hall–Kier alpha value is 0.340. The minimum absolute atomic E-state index is 1.29. The van der Waals surface area contributed by atoms with Crippen LogP contribution in [0.3, 0.4) is 0 Å². The fourth-order valence-electron chi connectivity index (χ4n) is 0.178. The van der Waals surface area contributed by atoms with Crippen LogP contribution in [0.4, 0.5) is 0 Å². The summed E-state index contributed by atoms with van der Waals surface area (Å²) in [6.07, 6.45) is 0. The Morgan fingerprint density at radius 3 is 1.56 bits per heavy atom. The molecule has 9 heavy (non-hydrogen) atoms. The minimum atomic E-state index is -4.42. The highest BCUT2D eigenvalue weighted by atomic mass is 79.9. The molecular weight excluding hydrogens is 236 g/mol. The molecule has 0 aromatic carbocycles. The van der Waals surface area contributed by atoms with Crippen molar-refractivity contribution in [1.29, 1.82) is 0 Å². The molecule has 0 radical (unpaired) electrons. The highest BCUT2D eigenvalue weighted by Gasteiger charge is 2.15. The third-order valence-corrected chi connectivity index (χ3v) is 4.29. The van der Waals surface area contributed by atoms with Crippen molar-refractivity contribution in [3.8, 4) is 0 Å². The van der Waals surface area contributed by atoms with Gasteiger partial charge in [-0.1, -0.05) is 0 Å². The van der Waals surface area contributed by atoms with Crippen molar-refractivity contribution in [2.45, 2.75) is 0 Å². The molecule has 0 rings (SSSR count). The topological polar surface area (TPSA) is 88.5 Å². The molecule has 1 N–H and O–H groups in total. The van der Waals surface area contributed by atoms with Gasteiger partial charge in [0.2, 0.25) is 8.27 Å². The van der Waals surface area contributed by atoms with E-state index in [9.17, 15) is 16.8 Å². The molecule has 0 unspecified atom stereocenters. The van der Waals surface area contributed by atoms with E-state index in [1.807, 2.05) is 14.8 Å². The molecule has 0 heterocycles. The summed E-state index contributed by atoms with van der Waals surface area (Å²) in [5, 5.41) is -1.29. The summed E-state index contributed by atoms with van der Waals surface area (Å²) < 4.78 is 47.6. The number of hydrogen-bond acceptors (Lipinski definition) is 4. The Balaban J connectivity index is 4.46. The van der Waals surface area contributed by atoms with Crippen LogP contribution in [0.1, 0.15) is 0 Å². The van der Waals surface area contributed by atoms with Crippen molar-refractivity contribution in [2.24, 2.45) is 0 Å². The average Bonchev–Trinajstić information content (AvgIpc) is 1.14. The van der Waals surface area contributed by atoms with Crippen molar-refractivity contribution in [3.63, 3.8) is 0 Å². The van der Waals surface area contributed by atoms with E-state index >= 15 is 0 Å². The van der Waals surface area contributed by atoms with Crippen molar-refractivity contribution >= 4 is 33.2 Å². The van der Waals surface area contributed by atoms with Crippen LogP contribution in [0.2, 0.25) is 0 Å². The van der Waals surface area contributed by atoms with Crippen LogP contribution in [0.5, 0.6) is 0 Å². The second-order valence-corrected chi connectivity index (χ2v) is 7.38. The molecule has 0 aliphatic heterocycles. The molecule has 0 fully saturated rings. The maximum absolute atomic E-state index is 10.0. The summed E-state index contributed by atoms with van der Waals surface area (Å²) in [5.41, 5.74) is 0. The molecule has 8 heteroatoms. The normalized spacial score (nSPS) is 13.6. The smallest absolute Gasteiger partial charge is 0.280 e. The molecule has 0 aliphatic carbocycles. The summed E-state index contributed by atoms with van der Waals surface area (Å²) in [4.78, 5) is 0. The molecule has 0 bridgehead atoms. The van der Waals surface area contributed by atoms with Gasteiger partial charge in [-0.05, 0) is 0 Å². The lowest BCUT2D eigenvalue weighted by Gasteiger charge is -1.88. The highest BCUT2D eigenvalue weighted by molar-refractivity contribution is 9.47. The molecule has 0 amide bonds. The Bertz CT molecular complexity index is 240. The number of halogens is 1. The molecule has 0 atom stereocenters. The molecule has 5 nitrogen and oxygen atoms in total. The zero-order valence-electron chi connectivity index (χ0n) is 3.98. The zero-order valence-corrected chi connectivity index (χ0v) is 7.20.